The van der Waals surface area contributed by atoms with Crippen LogP contribution in [0.1, 0.15) is 4.88 Å². The summed E-state index contributed by atoms with van der Waals surface area (Å²) in [6, 6.07) is 4.69. The highest BCUT2D eigenvalue weighted by molar-refractivity contribution is 7.15. The zero-order valence-corrected chi connectivity index (χ0v) is 12.4. The Kier molecular flexibility index (Phi) is 5.58. The molecular formula is C13H14ClFN2O2S. The van der Waals surface area contributed by atoms with Crippen LogP contribution in [-0.2, 0) is 11.3 Å². The second-order valence-electron chi connectivity index (χ2n) is 3.89. The maximum absolute atomic E-state index is 13.9. The molecule has 1 aromatic heterocycles. The van der Waals surface area contributed by atoms with Gasteiger partial charge in [0.15, 0.2) is 4.47 Å². The van der Waals surface area contributed by atoms with E-state index in [1.165, 1.54) is 17.4 Å². The van der Waals surface area contributed by atoms with Crippen LogP contribution in [0.25, 0.3) is 0 Å². The third-order valence-corrected chi connectivity index (χ3v) is 3.60. The van der Waals surface area contributed by atoms with Gasteiger partial charge < -0.3 is 14.8 Å². The standard InChI is InChI=1S/C13H14ClFN2O2S/c1-18-5-6-19-11-4-2-3-10(15)12(11)16-7-9-8-17-13(14)20-9/h2-4,8,16H,5-7H2,1H3. The Hall–Kier alpha value is -1.37. The number of anilines is 1. The van der Waals surface area contributed by atoms with E-state index in [2.05, 4.69) is 10.3 Å². The number of aromatic nitrogens is 1. The van der Waals surface area contributed by atoms with E-state index in [0.717, 1.165) is 4.88 Å². The van der Waals surface area contributed by atoms with Gasteiger partial charge in [-0.25, -0.2) is 9.37 Å². The van der Waals surface area contributed by atoms with Crippen molar-refractivity contribution >= 4 is 28.6 Å². The molecule has 0 radical (unpaired) electrons. The summed E-state index contributed by atoms with van der Waals surface area (Å²) in [5.41, 5.74) is 0.327. The number of hydrogen-bond acceptors (Lipinski definition) is 5. The predicted molar refractivity (Wildman–Crippen MR) is 78.2 cm³/mol. The summed E-state index contributed by atoms with van der Waals surface area (Å²) < 4.78 is 24.7. The van der Waals surface area contributed by atoms with E-state index in [1.54, 1.807) is 25.4 Å². The zero-order valence-electron chi connectivity index (χ0n) is 10.9. The molecule has 0 saturated heterocycles. The summed E-state index contributed by atoms with van der Waals surface area (Å²) in [4.78, 5) is 4.85. The number of thiazole rings is 1. The number of benzene rings is 1. The van der Waals surface area contributed by atoms with Crippen molar-refractivity contribution < 1.29 is 13.9 Å². The van der Waals surface area contributed by atoms with Crippen molar-refractivity contribution in [3.05, 3.63) is 39.6 Å². The first-order chi connectivity index (χ1) is 9.70. The molecule has 108 valence electrons. The number of hydrogen-bond donors (Lipinski definition) is 1. The first-order valence-electron chi connectivity index (χ1n) is 5.95. The smallest absolute Gasteiger partial charge is 0.183 e. The van der Waals surface area contributed by atoms with Crippen LogP contribution in [0.15, 0.2) is 24.4 Å². The molecule has 0 saturated carbocycles. The topological polar surface area (TPSA) is 43.4 Å². The van der Waals surface area contributed by atoms with Gasteiger partial charge in [0.1, 0.15) is 23.9 Å². The molecule has 0 aliphatic rings. The largest absolute Gasteiger partial charge is 0.489 e. The summed E-state index contributed by atoms with van der Waals surface area (Å²) in [6.45, 7) is 1.24. The Morgan fingerprint density at radius 1 is 1.40 bits per heavy atom. The van der Waals surface area contributed by atoms with Gasteiger partial charge in [-0.2, -0.15) is 0 Å². The van der Waals surface area contributed by atoms with Crippen molar-refractivity contribution in [2.75, 3.05) is 25.6 Å². The third-order valence-electron chi connectivity index (χ3n) is 2.49. The average Bonchev–Trinajstić information content (AvgIpc) is 2.84. The van der Waals surface area contributed by atoms with Crippen molar-refractivity contribution in [1.82, 2.24) is 4.98 Å². The van der Waals surface area contributed by atoms with Gasteiger partial charge in [-0.15, -0.1) is 11.3 Å². The highest BCUT2D eigenvalue weighted by atomic mass is 35.5. The van der Waals surface area contributed by atoms with Crippen molar-refractivity contribution in [2.24, 2.45) is 0 Å². The number of rotatable bonds is 7. The maximum Gasteiger partial charge on any atom is 0.183 e. The Bertz CT molecular complexity index is 565. The summed E-state index contributed by atoms with van der Waals surface area (Å²) in [7, 11) is 1.58. The first kappa shape index (κ1) is 15.0. The van der Waals surface area contributed by atoms with Crippen LogP contribution in [-0.4, -0.2) is 25.3 Å². The van der Waals surface area contributed by atoms with Gasteiger partial charge in [-0.3, -0.25) is 0 Å². The monoisotopic (exact) mass is 316 g/mol. The zero-order chi connectivity index (χ0) is 14.4. The van der Waals surface area contributed by atoms with Crippen LogP contribution < -0.4 is 10.1 Å². The molecule has 0 bridgehead atoms. The molecule has 1 heterocycles. The lowest BCUT2D eigenvalue weighted by Crippen LogP contribution is -2.08. The van der Waals surface area contributed by atoms with E-state index in [1.807, 2.05) is 0 Å². The molecule has 0 spiro atoms. The minimum absolute atomic E-state index is 0.327. The van der Waals surface area contributed by atoms with Gasteiger partial charge in [0.2, 0.25) is 0 Å². The summed E-state index contributed by atoms with van der Waals surface area (Å²) >= 11 is 7.10. The van der Waals surface area contributed by atoms with Gasteiger partial charge >= 0.3 is 0 Å². The molecule has 0 unspecified atom stereocenters. The van der Waals surface area contributed by atoms with E-state index in [-0.39, 0.29) is 5.82 Å². The third kappa shape index (κ3) is 4.06. The van der Waals surface area contributed by atoms with Gasteiger partial charge in [0.05, 0.1) is 13.2 Å². The van der Waals surface area contributed by atoms with Crippen molar-refractivity contribution in [1.29, 1.82) is 0 Å². The number of nitrogens with one attached hydrogen (secondary N) is 1. The lowest BCUT2D eigenvalue weighted by molar-refractivity contribution is 0.146. The van der Waals surface area contributed by atoms with Crippen molar-refractivity contribution in [2.45, 2.75) is 6.54 Å². The van der Waals surface area contributed by atoms with E-state index >= 15 is 0 Å². The average molecular weight is 317 g/mol. The second kappa shape index (κ2) is 7.42. The van der Waals surface area contributed by atoms with Gasteiger partial charge in [0, 0.05) is 18.2 Å². The molecule has 1 N–H and O–H groups in total. The molecule has 2 rings (SSSR count). The number of nitrogens with zero attached hydrogens (tertiary/aromatic N) is 1. The number of halogens is 2. The Morgan fingerprint density at radius 3 is 2.95 bits per heavy atom. The summed E-state index contributed by atoms with van der Waals surface area (Å²) in [5.74, 6) is 0.0909. The second-order valence-corrected chi connectivity index (χ2v) is 5.58. The number of ether oxygens (including phenoxy) is 2. The van der Waals surface area contributed by atoms with E-state index in [9.17, 15) is 4.39 Å². The SMILES string of the molecule is COCCOc1cccc(F)c1NCc1cnc(Cl)s1. The van der Waals surface area contributed by atoms with Gasteiger partial charge in [0.25, 0.3) is 0 Å². The minimum atomic E-state index is -0.365. The van der Waals surface area contributed by atoms with Crippen LogP contribution in [0.2, 0.25) is 4.47 Å². The fourth-order valence-corrected chi connectivity index (χ4v) is 2.49. The minimum Gasteiger partial charge on any atom is -0.489 e. The van der Waals surface area contributed by atoms with Crippen LogP contribution in [0.3, 0.4) is 0 Å². The summed E-state index contributed by atoms with van der Waals surface area (Å²) in [6.07, 6.45) is 1.66. The molecule has 0 aliphatic heterocycles. The van der Waals surface area contributed by atoms with Gasteiger partial charge in [-0.1, -0.05) is 17.7 Å². The molecule has 0 aliphatic carbocycles. The van der Waals surface area contributed by atoms with Gasteiger partial charge in [-0.05, 0) is 12.1 Å². The molecule has 0 fully saturated rings. The lowest BCUT2D eigenvalue weighted by Gasteiger charge is -2.13. The normalized spacial score (nSPS) is 10.6. The van der Waals surface area contributed by atoms with Crippen LogP contribution >= 0.6 is 22.9 Å². The molecule has 7 heteroatoms. The molecule has 4 nitrogen and oxygen atoms in total. The molecule has 20 heavy (non-hydrogen) atoms. The Balaban J connectivity index is 2.04. The van der Waals surface area contributed by atoms with Crippen molar-refractivity contribution in [3.8, 4) is 5.75 Å². The first-order valence-corrected chi connectivity index (χ1v) is 7.14. The summed E-state index contributed by atoms with van der Waals surface area (Å²) in [5, 5.41) is 3.01. The molecule has 1 aromatic carbocycles. The quantitative estimate of drug-likeness (QED) is 0.793. The fraction of sp³-hybridized carbons (Fsp3) is 0.308. The highest BCUT2D eigenvalue weighted by Gasteiger charge is 2.10. The van der Waals surface area contributed by atoms with Crippen LogP contribution in [0, 0.1) is 5.82 Å². The Labute approximate surface area is 125 Å². The van der Waals surface area contributed by atoms with Crippen LogP contribution in [0.4, 0.5) is 10.1 Å². The molecular weight excluding hydrogens is 303 g/mol. The lowest BCUT2D eigenvalue weighted by atomic mass is 10.2. The highest BCUT2D eigenvalue weighted by Crippen LogP contribution is 2.28. The Morgan fingerprint density at radius 2 is 2.25 bits per heavy atom. The molecule has 0 amide bonds. The molecule has 0 atom stereocenters. The number of methoxy groups -OCH3 is 1. The number of para-hydroxylation sites is 1. The van der Waals surface area contributed by atoms with Crippen molar-refractivity contribution in [3.63, 3.8) is 0 Å². The molecule has 2 aromatic rings. The predicted octanol–water partition coefficient (Wildman–Crippen LogP) is 3.57. The fourth-order valence-electron chi connectivity index (χ4n) is 1.57. The van der Waals surface area contributed by atoms with E-state index in [0.29, 0.717) is 35.7 Å². The van der Waals surface area contributed by atoms with E-state index < -0.39 is 0 Å². The van der Waals surface area contributed by atoms with Crippen LogP contribution in [0.5, 0.6) is 5.75 Å². The maximum atomic E-state index is 13.9. The van der Waals surface area contributed by atoms with E-state index in [4.69, 9.17) is 21.1 Å².